The maximum atomic E-state index is 14.4. The number of benzene rings is 3. The maximum absolute atomic E-state index is 14.4. The van der Waals surface area contributed by atoms with E-state index >= 15 is 0 Å². The van der Waals surface area contributed by atoms with Crippen LogP contribution >= 0.6 is 7.14 Å². The number of ether oxygens (including phenoxy) is 4. The van der Waals surface area contributed by atoms with Crippen molar-refractivity contribution in [3.8, 4) is 23.0 Å². The summed E-state index contributed by atoms with van der Waals surface area (Å²) < 4.78 is 35.4. The van der Waals surface area contributed by atoms with Gasteiger partial charge in [0.2, 0.25) is 18.2 Å². The summed E-state index contributed by atoms with van der Waals surface area (Å²) in [6.07, 6.45) is 0. The molecule has 8 heteroatoms. The Kier molecular flexibility index (Phi) is 7.01. The van der Waals surface area contributed by atoms with Crippen LogP contribution in [0.4, 0.5) is 0 Å². The summed E-state index contributed by atoms with van der Waals surface area (Å²) in [6.45, 7) is 0. The van der Waals surface area contributed by atoms with Gasteiger partial charge in [0.25, 0.3) is 0 Å². The minimum absolute atomic E-state index is 0.0151. The van der Waals surface area contributed by atoms with Crippen molar-refractivity contribution >= 4 is 23.5 Å². The second-order valence-corrected chi connectivity index (χ2v) is 9.23. The minimum Gasteiger partial charge on any atom is -0.497 e. The van der Waals surface area contributed by atoms with Crippen molar-refractivity contribution in [3.05, 3.63) is 77.9 Å². The number of carbonyl (C=O) groups excluding carboxylic acids is 2. The third-order valence-electron chi connectivity index (χ3n) is 4.97. The molecule has 0 spiro atoms. The van der Waals surface area contributed by atoms with Gasteiger partial charge < -0.3 is 23.5 Å². The van der Waals surface area contributed by atoms with Crippen molar-refractivity contribution in [1.82, 2.24) is 0 Å². The molecule has 7 nitrogen and oxygen atoms in total. The maximum Gasteiger partial charge on any atom is 0.248 e. The molecule has 3 aromatic carbocycles. The molecule has 0 unspecified atom stereocenters. The van der Waals surface area contributed by atoms with Gasteiger partial charge in [-0.3, -0.25) is 9.59 Å². The quantitative estimate of drug-likeness (QED) is 0.443. The molecule has 0 amide bonds. The van der Waals surface area contributed by atoms with Crippen LogP contribution in [-0.2, 0) is 4.57 Å². The van der Waals surface area contributed by atoms with E-state index in [4.69, 9.17) is 18.9 Å². The summed E-state index contributed by atoms with van der Waals surface area (Å²) in [4.78, 5) is 27.4. The van der Waals surface area contributed by atoms with E-state index in [2.05, 4.69) is 0 Å². The molecule has 0 aliphatic rings. The van der Waals surface area contributed by atoms with Gasteiger partial charge in [-0.05, 0) is 24.3 Å². The first-order valence-electron chi connectivity index (χ1n) is 9.60. The van der Waals surface area contributed by atoms with Crippen LogP contribution in [0.15, 0.2) is 66.7 Å². The zero-order valence-corrected chi connectivity index (χ0v) is 19.1. The molecule has 0 fully saturated rings. The smallest absolute Gasteiger partial charge is 0.248 e. The van der Waals surface area contributed by atoms with Gasteiger partial charge in [0.1, 0.15) is 23.0 Å². The molecule has 0 saturated carbocycles. The highest BCUT2D eigenvalue weighted by atomic mass is 31.2. The number of hydrogen-bond donors (Lipinski definition) is 0. The lowest BCUT2D eigenvalue weighted by atomic mass is 10.2. The van der Waals surface area contributed by atoms with E-state index < -0.39 is 18.2 Å². The summed E-state index contributed by atoms with van der Waals surface area (Å²) in [5, 5.41) is 0.116. The van der Waals surface area contributed by atoms with Crippen LogP contribution in [0.25, 0.3) is 0 Å². The molecule has 0 saturated heterocycles. The van der Waals surface area contributed by atoms with E-state index in [1.165, 1.54) is 64.8 Å². The molecule has 0 aliphatic carbocycles. The SMILES string of the molecule is COc1ccc(C(=O)P(=O)(C(=O)c2ccc(OC)cc2OC)c2ccccc2)c(OC)c1. The van der Waals surface area contributed by atoms with Crippen molar-refractivity contribution in [1.29, 1.82) is 0 Å². The van der Waals surface area contributed by atoms with E-state index in [1.54, 1.807) is 30.3 Å². The van der Waals surface area contributed by atoms with Gasteiger partial charge in [0.15, 0.2) is 0 Å². The Balaban J connectivity index is 2.23. The average Bonchev–Trinajstić information content (AvgIpc) is 2.86. The monoisotopic (exact) mass is 454 g/mol. The molecule has 0 atom stereocenters. The molecule has 3 aromatic rings. The Labute approximate surface area is 186 Å². The zero-order valence-electron chi connectivity index (χ0n) is 18.2. The van der Waals surface area contributed by atoms with Gasteiger partial charge in [0, 0.05) is 17.4 Å². The molecular weight excluding hydrogens is 431 g/mol. The Morgan fingerprint density at radius 3 is 1.44 bits per heavy atom. The Hall–Kier alpha value is -3.57. The largest absolute Gasteiger partial charge is 0.497 e. The summed E-state index contributed by atoms with van der Waals surface area (Å²) in [6, 6.07) is 16.9. The van der Waals surface area contributed by atoms with Crippen molar-refractivity contribution < 1.29 is 33.1 Å². The Morgan fingerprint density at radius 1 is 0.625 bits per heavy atom. The normalized spacial score (nSPS) is 10.9. The Morgan fingerprint density at radius 2 is 1.06 bits per heavy atom. The molecule has 0 bridgehead atoms. The van der Waals surface area contributed by atoms with Crippen LogP contribution in [0, 0.1) is 0 Å². The lowest BCUT2D eigenvalue weighted by Crippen LogP contribution is -2.21. The molecule has 32 heavy (non-hydrogen) atoms. The number of hydrogen-bond acceptors (Lipinski definition) is 7. The minimum atomic E-state index is -4.34. The van der Waals surface area contributed by atoms with Gasteiger partial charge in [-0.25, -0.2) is 0 Å². The molecule has 3 rings (SSSR count). The highest BCUT2D eigenvalue weighted by molar-refractivity contribution is 8.01. The predicted molar refractivity (Wildman–Crippen MR) is 121 cm³/mol. The third kappa shape index (κ3) is 4.12. The fourth-order valence-electron chi connectivity index (χ4n) is 3.25. The highest BCUT2D eigenvalue weighted by Crippen LogP contribution is 2.53. The first-order chi connectivity index (χ1) is 15.4. The van der Waals surface area contributed by atoms with Crippen molar-refractivity contribution in [3.63, 3.8) is 0 Å². The predicted octanol–water partition coefficient (Wildman–Crippen LogP) is 4.39. The standard InChI is InChI=1S/C24H23O7P/c1-28-16-10-12-19(21(14-16)30-3)23(25)32(27,18-8-6-5-7-9-18)24(26)20-13-11-17(29-2)15-22(20)31-4/h5-15H,1-4H3. The van der Waals surface area contributed by atoms with Crippen LogP contribution < -0.4 is 24.3 Å². The van der Waals surface area contributed by atoms with E-state index in [9.17, 15) is 14.2 Å². The van der Waals surface area contributed by atoms with Crippen LogP contribution in [-0.4, -0.2) is 39.5 Å². The first kappa shape index (κ1) is 23.1. The summed E-state index contributed by atoms with van der Waals surface area (Å²) in [5.41, 5.74) is -1.65. The van der Waals surface area contributed by atoms with Gasteiger partial charge in [-0.2, -0.15) is 0 Å². The molecule has 0 radical (unpaired) electrons. The molecule has 0 N–H and O–H groups in total. The number of carbonyl (C=O) groups is 2. The molecular formula is C24H23O7P. The van der Waals surface area contributed by atoms with Gasteiger partial charge >= 0.3 is 0 Å². The fraction of sp³-hybridized carbons (Fsp3) is 0.167. The second kappa shape index (κ2) is 9.71. The van der Waals surface area contributed by atoms with Gasteiger partial charge in [-0.15, -0.1) is 0 Å². The summed E-state index contributed by atoms with van der Waals surface area (Å²) in [5.74, 6) is 1.21. The van der Waals surface area contributed by atoms with Gasteiger partial charge in [0.05, 0.1) is 39.6 Å². The van der Waals surface area contributed by atoms with Gasteiger partial charge in [-0.1, -0.05) is 30.3 Å². The Bertz CT molecular complexity index is 1120. The zero-order chi connectivity index (χ0) is 23.3. The topological polar surface area (TPSA) is 88.1 Å². The first-order valence-corrected chi connectivity index (χ1v) is 11.3. The molecule has 0 heterocycles. The van der Waals surface area contributed by atoms with Crippen molar-refractivity contribution in [2.45, 2.75) is 0 Å². The summed E-state index contributed by atoms with van der Waals surface area (Å²) in [7, 11) is 1.37. The van der Waals surface area contributed by atoms with E-state index in [0.717, 1.165) is 0 Å². The number of methoxy groups -OCH3 is 4. The van der Waals surface area contributed by atoms with E-state index in [0.29, 0.717) is 11.5 Å². The van der Waals surface area contributed by atoms with Crippen molar-refractivity contribution in [2.24, 2.45) is 0 Å². The highest BCUT2D eigenvalue weighted by Gasteiger charge is 2.44. The van der Waals surface area contributed by atoms with E-state index in [1.807, 2.05) is 0 Å². The third-order valence-corrected chi connectivity index (χ3v) is 7.62. The number of rotatable bonds is 9. The van der Waals surface area contributed by atoms with Crippen LogP contribution in [0.2, 0.25) is 0 Å². The molecule has 0 aromatic heterocycles. The van der Waals surface area contributed by atoms with Crippen LogP contribution in [0.5, 0.6) is 23.0 Å². The van der Waals surface area contributed by atoms with Crippen LogP contribution in [0.3, 0.4) is 0 Å². The lowest BCUT2D eigenvalue weighted by Gasteiger charge is -2.19. The van der Waals surface area contributed by atoms with Crippen molar-refractivity contribution in [2.75, 3.05) is 28.4 Å². The van der Waals surface area contributed by atoms with Crippen LogP contribution in [0.1, 0.15) is 20.7 Å². The van der Waals surface area contributed by atoms with E-state index in [-0.39, 0.29) is 27.9 Å². The summed E-state index contributed by atoms with van der Waals surface area (Å²) >= 11 is 0. The molecule has 0 aliphatic heterocycles. The fourth-order valence-corrected chi connectivity index (χ4v) is 5.55. The molecule has 166 valence electrons. The average molecular weight is 454 g/mol. The lowest BCUT2D eigenvalue weighted by molar-refractivity contribution is 0.103. The second-order valence-electron chi connectivity index (χ2n) is 6.69.